The number of aromatic nitrogens is 3. The van der Waals surface area contributed by atoms with E-state index >= 15 is 0 Å². The lowest BCUT2D eigenvalue weighted by molar-refractivity contribution is -0.138. The van der Waals surface area contributed by atoms with Gasteiger partial charge in [0.15, 0.2) is 5.65 Å². The molecular formula is C29H36F5N3O2. The van der Waals surface area contributed by atoms with E-state index < -0.39 is 17.9 Å². The highest BCUT2D eigenvalue weighted by Gasteiger charge is 2.39. The molecule has 2 saturated carbocycles. The Morgan fingerprint density at radius 1 is 0.872 bits per heavy atom. The van der Waals surface area contributed by atoms with Crippen LogP contribution >= 0.6 is 0 Å². The molecule has 5 rings (SSSR count). The van der Waals surface area contributed by atoms with Crippen molar-refractivity contribution in [1.29, 1.82) is 0 Å². The summed E-state index contributed by atoms with van der Waals surface area (Å²) < 4.78 is 75.2. The standard InChI is InChI=1S/C14H16F3N3O2.C6H5F.C3H5F.C2H6.2C2H2/c1-21-9-2-4-10(5-3-9)22-11-6-7-20-8-18-19-13(20)12(11)14(15,16)17;7-6-4-2-1-3-5-6;4-3-1-2-3;3*1-2/h6-10H,2-5H2,1H3;1-5H;3H,1-2H2;1-2H3;2*1-2H. The van der Waals surface area contributed by atoms with Crippen molar-refractivity contribution >= 4 is 5.65 Å². The molecule has 5 nitrogen and oxygen atoms in total. The summed E-state index contributed by atoms with van der Waals surface area (Å²) in [4.78, 5) is 0. The maximum atomic E-state index is 13.3. The van der Waals surface area contributed by atoms with Gasteiger partial charge in [-0.1, -0.05) is 32.0 Å². The topological polar surface area (TPSA) is 48.7 Å². The zero-order chi connectivity index (χ0) is 29.8. The van der Waals surface area contributed by atoms with Crippen LogP contribution in [0, 0.1) is 31.5 Å². The van der Waals surface area contributed by atoms with Crippen LogP contribution < -0.4 is 4.74 Å². The van der Waals surface area contributed by atoms with Gasteiger partial charge in [-0.25, -0.2) is 8.78 Å². The van der Waals surface area contributed by atoms with Crippen molar-refractivity contribution in [2.45, 2.75) is 76.9 Å². The van der Waals surface area contributed by atoms with E-state index in [4.69, 9.17) is 9.47 Å². The molecule has 3 aromatic rings. The molecule has 0 unspecified atom stereocenters. The average Bonchev–Trinajstić information content (AvgIpc) is 3.60. The van der Waals surface area contributed by atoms with E-state index in [1.165, 1.54) is 35.1 Å². The van der Waals surface area contributed by atoms with Crippen LogP contribution in [-0.2, 0) is 10.9 Å². The molecule has 214 valence electrons. The second-order valence-corrected chi connectivity index (χ2v) is 7.84. The van der Waals surface area contributed by atoms with Crippen LogP contribution in [0.4, 0.5) is 22.0 Å². The average molecular weight is 554 g/mol. The van der Waals surface area contributed by atoms with Gasteiger partial charge in [0.25, 0.3) is 0 Å². The molecule has 2 aliphatic rings. The van der Waals surface area contributed by atoms with Crippen molar-refractivity contribution in [3.8, 4) is 31.4 Å². The molecule has 0 radical (unpaired) electrons. The number of halogens is 5. The van der Waals surface area contributed by atoms with Gasteiger partial charge < -0.3 is 9.47 Å². The van der Waals surface area contributed by atoms with Gasteiger partial charge in [0.2, 0.25) is 0 Å². The summed E-state index contributed by atoms with van der Waals surface area (Å²) in [5.41, 5.74) is -1.11. The smallest absolute Gasteiger partial charge is 0.423 e. The lowest BCUT2D eigenvalue weighted by Crippen LogP contribution is -2.28. The Morgan fingerprint density at radius 2 is 1.38 bits per heavy atom. The zero-order valence-corrected chi connectivity index (χ0v) is 22.5. The van der Waals surface area contributed by atoms with Gasteiger partial charge >= 0.3 is 6.18 Å². The van der Waals surface area contributed by atoms with Gasteiger partial charge in [-0.2, -0.15) is 13.2 Å². The number of methoxy groups -OCH3 is 1. The maximum Gasteiger partial charge on any atom is 0.423 e. The Kier molecular flexibility index (Phi) is 17.6. The van der Waals surface area contributed by atoms with Gasteiger partial charge in [0, 0.05) is 13.3 Å². The quantitative estimate of drug-likeness (QED) is 0.248. The van der Waals surface area contributed by atoms with Gasteiger partial charge in [0.1, 0.15) is 29.6 Å². The molecule has 0 atom stereocenters. The fourth-order valence-electron chi connectivity index (χ4n) is 3.28. The van der Waals surface area contributed by atoms with Crippen LogP contribution in [0.2, 0.25) is 0 Å². The molecule has 39 heavy (non-hydrogen) atoms. The van der Waals surface area contributed by atoms with E-state index in [1.807, 2.05) is 13.8 Å². The molecule has 1 aromatic carbocycles. The number of nitrogens with zero attached hydrogens (tertiary/aromatic N) is 3. The van der Waals surface area contributed by atoms with Crippen molar-refractivity contribution in [3.63, 3.8) is 0 Å². The third-order valence-corrected chi connectivity index (χ3v) is 5.20. The van der Waals surface area contributed by atoms with Gasteiger partial charge in [0.05, 0.1) is 12.2 Å². The third-order valence-electron chi connectivity index (χ3n) is 5.20. The lowest BCUT2D eigenvalue weighted by atomic mass is 9.95. The predicted octanol–water partition coefficient (Wildman–Crippen LogP) is 7.55. The normalized spacial score (nSPS) is 17.4. The number of hydrogen-bond donors (Lipinski definition) is 0. The molecular weight excluding hydrogens is 517 g/mol. The fourth-order valence-corrected chi connectivity index (χ4v) is 3.28. The number of terminal acetylenes is 2. The van der Waals surface area contributed by atoms with Crippen LogP contribution in [-0.4, -0.2) is 40.1 Å². The predicted molar refractivity (Wildman–Crippen MR) is 143 cm³/mol. The Morgan fingerprint density at radius 3 is 1.79 bits per heavy atom. The molecule has 2 aliphatic carbocycles. The first-order valence-corrected chi connectivity index (χ1v) is 12.4. The largest absolute Gasteiger partial charge is 0.490 e. The minimum absolute atomic E-state index is 0.168. The summed E-state index contributed by atoms with van der Waals surface area (Å²) in [5.74, 6) is -0.364. The molecule has 2 fully saturated rings. The highest BCUT2D eigenvalue weighted by molar-refractivity contribution is 5.56. The van der Waals surface area contributed by atoms with E-state index in [9.17, 15) is 22.0 Å². The number of fused-ring (bicyclic) bond motifs is 1. The van der Waals surface area contributed by atoms with Crippen LogP contribution in [0.3, 0.4) is 0 Å². The number of hydrogen-bond acceptors (Lipinski definition) is 4. The molecule has 0 amide bonds. The molecule has 0 saturated heterocycles. The summed E-state index contributed by atoms with van der Waals surface area (Å²) in [5, 5.41) is 7.08. The molecule has 2 aromatic heterocycles. The van der Waals surface area contributed by atoms with Crippen LogP contribution in [0.5, 0.6) is 5.75 Å². The van der Waals surface area contributed by atoms with Gasteiger partial charge in [-0.15, -0.1) is 35.9 Å². The van der Waals surface area contributed by atoms with Crippen LogP contribution in [0.15, 0.2) is 48.9 Å². The second kappa shape index (κ2) is 19.4. The summed E-state index contributed by atoms with van der Waals surface area (Å²) in [7, 11) is 1.65. The maximum absolute atomic E-state index is 13.3. The molecule has 0 spiro atoms. The highest BCUT2D eigenvalue weighted by atomic mass is 19.4. The Bertz CT molecular complexity index is 1070. The van der Waals surface area contributed by atoms with Crippen LogP contribution in [0.25, 0.3) is 5.65 Å². The first-order valence-electron chi connectivity index (χ1n) is 12.4. The highest BCUT2D eigenvalue weighted by Crippen LogP contribution is 2.39. The minimum atomic E-state index is -4.55. The Balaban J connectivity index is 0.000000694. The summed E-state index contributed by atoms with van der Waals surface area (Å²) in [6, 6.07) is 9.26. The number of ether oxygens (including phenoxy) is 2. The van der Waals surface area contributed by atoms with Gasteiger partial charge in [-0.3, -0.25) is 4.40 Å². The monoisotopic (exact) mass is 553 g/mol. The lowest BCUT2D eigenvalue weighted by Gasteiger charge is -2.29. The van der Waals surface area contributed by atoms with Crippen molar-refractivity contribution < 1.29 is 31.4 Å². The molecule has 0 N–H and O–H groups in total. The van der Waals surface area contributed by atoms with E-state index in [1.54, 1.807) is 25.3 Å². The Labute approximate surface area is 227 Å². The second-order valence-electron chi connectivity index (χ2n) is 7.84. The molecule has 0 bridgehead atoms. The molecule has 10 heteroatoms. The summed E-state index contributed by atoms with van der Waals surface area (Å²) in [6.45, 7) is 4.00. The number of benzene rings is 1. The van der Waals surface area contributed by atoms with Crippen LogP contribution in [0.1, 0.15) is 57.9 Å². The first kappa shape index (κ1) is 35.4. The minimum Gasteiger partial charge on any atom is -0.490 e. The first-order chi connectivity index (χ1) is 18.8. The van der Waals surface area contributed by atoms with E-state index in [2.05, 4.69) is 35.9 Å². The summed E-state index contributed by atoms with van der Waals surface area (Å²) in [6.07, 6.45) is 18.2. The summed E-state index contributed by atoms with van der Waals surface area (Å²) >= 11 is 0. The molecule has 2 heterocycles. The zero-order valence-electron chi connectivity index (χ0n) is 22.5. The fraction of sp³-hybridized carbons (Fsp3) is 0.448. The van der Waals surface area contributed by atoms with E-state index in [0.29, 0.717) is 12.8 Å². The van der Waals surface area contributed by atoms with E-state index in [0.717, 1.165) is 25.7 Å². The number of alkyl halides is 4. The SMILES string of the molecule is C#C.C#C.CC.COC1CCC(Oc2ccn3cnnc3c2C(F)(F)F)CC1.FC1CC1.Fc1ccccc1. The Hall–Kier alpha value is -3.63. The van der Waals surface area contributed by atoms with Crippen molar-refractivity contribution in [2.24, 2.45) is 0 Å². The van der Waals surface area contributed by atoms with Gasteiger partial charge in [-0.05, 0) is 56.7 Å². The third kappa shape index (κ3) is 13.1. The number of pyridine rings is 1. The van der Waals surface area contributed by atoms with Crippen molar-refractivity contribution in [2.75, 3.05) is 7.11 Å². The van der Waals surface area contributed by atoms with E-state index in [-0.39, 0.29) is 29.4 Å². The molecule has 0 aliphatic heterocycles. The number of rotatable bonds is 3. The van der Waals surface area contributed by atoms with Crippen molar-refractivity contribution in [3.05, 3.63) is 60.3 Å². The van der Waals surface area contributed by atoms with Crippen molar-refractivity contribution in [1.82, 2.24) is 14.6 Å².